The average Bonchev–Trinajstić information content (AvgIpc) is 3.42. The molecule has 1 heterocycles. The molecule has 1 aliphatic rings. The standard InChI is InChI=1S/C21H28N4OS/c1-4-13-25-20(18-9-10-18)23-24-21(25)27-14-19(26)22-12-11-16-5-7-17(8-6-16)15(2)3/h4-8,15,18H,1,9-14H2,2-3H3,(H,22,26). The Balaban J connectivity index is 1.44. The summed E-state index contributed by atoms with van der Waals surface area (Å²) in [4.78, 5) is 12.2. The Morgan fingerprint density at radius 3 is 2.70 bits per heavy atom. The third-order valence-electron chi connectivity index (χ3n) is 4.71. The van der Waals surface area contributed by atoms with Gasteiger partial charge in [0.25, 0.3) is 0 Å². The number of hydrogen-bond acceptors (Lipinski definition) is 4. The molecule has 6 heteroatoms. The highest BCUT2D eigenvalue weighted by molar-refractivity contribution is 7.99. The average molecular weight is 385 g/mol. The maximum absolute atomic E-state index is 12.2. The fourth-order valence-electron chi connectivity index (χ4n) is 2.95. The second kappa shape index (κ2) is 9.22. The first-order chi connectivity index (χ1) is 13.1. The Bertz CT molecular complexity index is 778. The normalized spacial score (nSPS) is 13.7. The van der Waals surface area contributed by atoms with Gasteiger partial charge in [0.15, 0.2) is 5.16 Å². The Morgan fingerprint density at radius 1 is 1.33 bits per heavy atom. The zero-order valence-corrected chi connectivity index (χ0v) is 17.0. The van der Waals surface area contributed by atoms with E-state index in [-0.39, 0.29) is 5.91 Å². The first-order valence-electron chi connectivity index (χ1n) is 9.60. The van der Waals surface area contributed by atoms with Crippen LogP contribution >= 0.6 is 11.8 Å². The summed E-state index contributed by atoms with van der Waals surface area (Å²) in [7, 11) is 0. The topological polar surface area (TPSA) is 59.8 Å². The maximum atomic E-state index is 12.2. The van der Waals surface area contributed by atoms with Crippen molar-refractivity contribution in [3.63, 3.8) is 0 Å². The molecule has 144 valence electrons. The molecule has 3 rings (SSSR count). The lowest BCUT2D eigenvalue weighted by atomic mass is 10.0. The van der Waals surface area contributed by atoms with E-state index in [1.807, 2.05) is 6.08 Å². The molecular weight excluding hydrogens is 356 g/mol. The van der Waals surface area contributed by atoms with Gasteiger partial charge >= 0.3 is 0 Å². The van der Waals surface area contributed by atoms with Gasteiger partial charge in [0.2, 0.25) is 5.91 Å². The van der Waals surface area contributed by atoms with Gasteiger partial charge in [-0.25, -0.2) is 0 Å². The van der Waals surface area contributed by atoms with E-state index in [1.165, 1.54) is 35.7 Å². The van der Waals surface area contributed by atoms with Crippen molar-refractivity contribution in [2.24, 2.45) is 0 Å². The molecule has 0 spiro atoms. The molecule has 1 amide bonds. The highest BCUT2D eigenvalue weighted by Crippen LogP contribution is 2.40. The molecule has 0 radical (unpaired) electrons. The van der Waals surface area contributed by atoms with Gasteiger partial charge in [-0.3, -0.25) is 4.79 Å². The summed E-state index contributed by atoms with van der Waals surface area (Å²) in [6.45, 7) is 9.53. The molecule has 1 N–H and O–H groups in total. The van der Waals surface area contributed by atoms with Crippen LogP contribution in [0.15, 0.2) is 42.1 Å². The number of nitrogens with one attached hydrogen (secondary N) is 1. The number of carbonyl (C=O) groups is 1. The fraction of sp³-hybridized carbons (Fsp3) is 0.476. The minimum atomic E-state index is 0.0277. The number of hydrogen-bond donors (Lipinski definition) is 1. The van der Waals surface area contributed by atoms with Gasteiger partial charge in [-0.15, -0.1) is 16.8 Å². The van der Waals surface area contributed by atoms with Crippen molar-refractivity contribution < 1.29 is 4.79 Å². The number of benzene rings is 1. The summed E-state index contributed by atoms with van der Waals surface area (Å²) in [5.74, 6) is 2.48. The largest absolute Gasteiger partial charge is 0.355 e. The monoisotopic (exact) mass is 384 g/mol. The lowest BCUT2D eigenvalue weighted by molar-refractivity contribution is -0.118. The molecule has 0 unspecified atom stereocenters. The maximum Gasteiger partial charge on any atom is 0.230 e. The number of amides is 1. The molecule has 1 saturated carbocycles. The molecule has 1 aromatic carbocycles. The predicted molar refractivity (Wildman–Crippen MR) is 110 cm³/mol. The third kappa shape index (κ3) is 5.45. The van der Waals surface area contributed by atoms with Crippen LogP contribution in [0.3, 0.4) is 0 Å². The minimum absolute atomic E-state index is 0.0277. The van der Waals surface area contributed by atoms with Gasteiger partial charge in [0.1, 0.15) is 5.82 Å². The van der Waals surface area contributed by atoms with Gasteiger partial charge in [0.05, 0.1) is 5.75 Å². The van der Waals surface area contributed by atoms with Crippen LogP contribution in [-0.4, -0.2) is 33.0 Å². The number of thioether (sulfide) groups is 1. The summed E-state index contributed by atoms with van der Waals surface area (Å²) in [6.07, 6.45) is 5.05. The van der Waals surface area contributed by atoms with Crippen molar-refractivity contribution in [3.8, 4) is 0 Å². The smallest absolute Gasteiger partial charge is 0.230 e. The predicted octanol–water partition coefficient (Wildman–Crippen LogP) is 3.92. The fourth-order valence-corrected chi connectivity index (χ4v) is 3.73. The van der Waals surface area contributed by atoms with Gasteiger partial charge in [0, 0.05) is 19.0 Å². The van der Waals surface area contributed by atoms with Crippen molar-refractivity contribution in [1.29, 1.82) is 0 Å². The first kappa shape index (κ1) is 19.7. The van der Waals surface area contributed by atoms with Crippen LogP contribution in [-0.2, 0) is 17.8 Å². The zero-order chi connectivity index (χ0) is 19.2. The quantitative estimate of drug-likeness (QED) is 0.498. The van der Waals surface area contributed by atoms with Crippen molar-refractivity contribution in [3.05, 3.63) is 53.9 Å². The van der Waals surface area contributed by atoms with Gasteiger partial charge in [-0.2, -0.15) is 0 Å². The van der Waals surface area contributed by atoms with Crippen molar-refractivity contribution in [2.45, 2.75) is 56.6 Å². The SMILES string of the molecule is C=CCn1c(SCC(=O)NCCc2ccc(C(C)C)cc2)nnc1C1CC1. The lowest BCUT2D eigenvalue weighted by Crippen LogP contribution is -2.27. The number of nitrogens with zero attached hydrogens (tertiary/aromatic N) is 3. The number of carbonyl (C=O) groups excluding carboxylic acids is 1. The van der Waals surface area contributed by atoms with Gasteiger partial charge < -0.3 is 9.88 Å². The molecule has 0 bridgehead atoms. The van der Waals surface area contributed by atoms with E-state index in [2.05, 4.69) is 64.8 Å². The van der Waals surface area contributed by atoms with Crippen LogP contribution in [0.25, 0.3) is 0 Å². The lowest BCUT2D eigenvalue weighted by Gasteiger charge is -2.09. The van der Waals surface area contributed by atoms with Crippen LogP contribution < -0.4 is 5.32 Å². The van der Waals surface area contributed by atoms with Crippen LogP contribution in [0.4, 0.5) is 0 Å². The molecule has 1 aromatic heterocycles. The van der Waals surface area contributed by atoms with Crippen LogP contribution in [0, 0.1) is 0 Å². The summed E-state index contributed by atoms with van der Waals surface area (Å²) in [6, 6.07) is 8.63. The van der Waals surface area contributed by atoms with Crippen molar-refractivity contribution in [1.82, 2.24) is 20.1 Å². The Kier molecular flexibility index (Phi) is 6.72. The number of rotatable bonds is 10. The molecule has 0 saturated heterocycles. The molecule has 2 aromatic rings. The summed E-state index contributed by atoms with van der Waals surface area (Å²) in [5.41, 5.74) is 2.58. The number of allylic oxidation sites excluding steroid dienone is 1. The molecule has 5 nitrogen and oxygen atoms in total. The molecule has 0 atom stereocenters. The van der Waals surface area contributed by atoms with E-state index in [9.17, 15) is 4.79 Å². The summed E-state index contributed by atoms with van der Waals surface area (Å²) in [5, 5.41) is 12.4. The van der Waals surface area contributed by atoms with E-state index in [1.54, 1.807) is 0 Å². The van der Waals surface area contributed by atoms with E-state index in [4.69, 9.17) is 0 Å². The first-order valence-corrected chi connectivity index (χ1v) is 10.6. The van der Waals surface area contributed by atoms with Crippen molar-refractivity contribution in [2.75, 3.05) is 12.3 Å². The van der Waals surface area contributed by atoms with E-state index >= 15 is 0 Å². The molecule has 1 fully saturated rings. The Labute approximate surface area is 165 Å². The molecule has 1 aliphatic carbocycles. The van der Waals surface area contributed by atoms with Gasteiger partial charge in [-0.1, -0.05) is 56.0 Å². The van der Waals surface area contributed by atoms with Gasteiger partial charge in [-0.05, 0) is 36.3 Å². The summed E-state index contributed by atoms with van der Waals surface area (Å²) < 4.78 is 2.08. The third-order valence-corrected chi connectivity index (χ3v) is 5.68. The highest BCUT2D eigenvalue weighted by Gasteiger charge is 2.30. The van der Waals surface area contributed by atoms with E-state index in [0.717, 1.165) is 17.4 Å². The summed E-state index contributed by atoms with van der Waals surface area (Å²) >= 11 is 1.44. The minimum Gasteiger partial charge on any atom is -0.355 e. The van der Waals surface area contributed by atoms with Crippen LogP contribution in [0.1, 0.15) is 55.5 Å². The highest BCUT2D eigenvalue weighted by atomic mass is 32.2. The molecule has 27 heavy (non-hydrogen) atoms. The Hall–Kier alpha value is -2.08. The van der Waals surface area contributed by atoms with E-state index < -0.39 is 0 Å². The second-order valence-electron chi connectivity index (χ2n) is 7.30. The van der Waals surface area contributed by atoms with Crippen LogP contribution in [0.5, 0.6) is 0 Å². The van der Waals surface area contributed by atoms with Crippen molar-refractivity contribution >= 4 is 17.7 Å². The van der Waals surface area contributed by atoms with Crippen LogP contribution in [0.2, 0.25) is 0 Å². The molecule has 0 aliphatic heterocycles. The Morgan fingerprint density at radius 2 is 2.07 bits per heavy atom. The van der Waals surface area contributed by atoms with E-state index in [0.29, 0.717) is 30.7 Å². The second-order valence-corrected chi connectivity index (χ2v) is 8.24. The number of aromatic nitrogens is 3. The zero-order valence-electron chi connectivity index (χ0n) is 16.1. The molecular formula is C21H28N4OS.